The normalized spacial score (nSPS) is 15.4. The summed E-state index contributed by atoms with van der Waals surface area (Å²) >= 11 is 0. The van der Waals surface area contributed by atoms with Crippen molar-refractivity contribution in [1.82, 2.24) is 9.88 Å². The summed E-state index contributed by atoms with van der Waals surface area (Å²) in [6.07, 6.45) is 1.93. The van der Waals surface area contributed by atoms with Crippen molar-refractivity contribution in [3.05, 3.63) is 66.1 Å². The van der Waals surface area contributed by atoms with Gasteiger partial charge in [-0.05, 0) is 42.9 Å². The zero-order valence-electron chi connectivity index (χ0n) is 14.9. The highest BCUT2D eigenvalue weighted by atomic mass is 19.1. The molecule has 1 saturated heterocycles. The highest BCUT2D eigenvalue weighted by Gasteiger charge is 2.15. The lowest BCUT2D eigenvalue weighted by Gasteiger charge is -2.33. The number of ether oxygens (including phenoxy) is 1. The minimum Gasteiger partial charge on any atom is -0.488 e. The lowest BCUT2D eigenvalue weighted by Crippen LogP contribution is -2.44. The van der Waals surface area contributed by atoms with Gasteiger partial charge < -0.3 is 14.5 Å². The highest BCUT2D eigenvalue weighted by molar-refractivity contribution is 5.87. The van der Waals surface area contributed by atoms with Gasteiger partial charge in [0.15, 0.2) is 0 Å². The van der Waals surface area contributed by atoms with Gasteiger partial charge in [0.05, 0.1) is 17.4 Å². The van der Waals surface area contributed by atoms with Crippen LogP contribution in [-0.2, 0) is 6.61 Å². The van der Waals surface area contributed by atoms with Crippen LogP contribution >= 0.6 is 0 Å². The van der Waals surface area contributed by atoms with Crippen LogP contribution in [0.5, 0.6) is 5.75 Å². The molecule has 1 aliphatic heterocycles. The van der Waals surface area contributed by atoms with E-state index in [1.54, 1.807) is 6.07 Å². The lowest BCUT2D eigenvalue weighted by atomic mass is 10.1. The lowest BCUT2D eigenvalue weighted by molar-refractivity contribution is 0.309. The molecule has 1 aliphatic rings. The molecule has 1 fully saturated rings. The fourth-order valence-electron chi connectivity index (χ4n) is 3.26. The smallest absolute Gasteiger partial charge is 0.129 e. The Bertz CT molecular complexity index is 907. The minimum atomic E-state index is -0.247. The summed E-state index contributed by atoms with van der Waals surface area (Å²) in [5.41, 5.74) is 2.83. The number of nitrogens with zero attached hydrogens (tertiary/aromatic N) is 3. The summed E-state index contributed by atoms with van der Waals surface area (Å²) in [4.78, 5) is 9.30. The molecule has 0 amide bonds. The van der Waals surface area contributed by atoms with Crippen LogP contribution in [-0.4, -0.2) is 43.1 Å². The third kappa shape index (κ3) is 3.63. The van der Waals surface area contributed by atoms with Gasteiger partial charge in [-0.25, -0.2) is 4.39 Å². The van der Waals surface area contributed by atoms with Crippen LogP contribution in [0.15, 0.2) is 54.7 Å². The van der Waals surface area contributed by atoms with E-state index in [0.29, 0.717) is 6.61 Å². The van der Waals surface area contributed by atoms with Crippen LogP contribution < -0.4 is 9.64 Å². The Balaban J connectivity index is 1.59. The molecule has 3 aromatic rings. The van der Waals surface area contributed by atoms with E-state index in [1.165, 1.54) is 12.1 Å². The van der Waals surface area contributed by atoms with E-state index in [9.17, 15) is 4.39 Å². The Hall–Kier alpha value is -2.66. The molecule has 0 bridgehead atoms. The molecule has 0 atom stereocenters. The standard InChI is InChI=1S/C21H22FN3O/c1-24-8-10-25(11-9-24)18-13-19-20(23-14-18)6-3-7-21(19)26-15-16-4-2-5-17(22)12-16/h2-7,12-14H,8-11,15H2,1H3. The van der Waals surface area contributed by atoms with E-state index in [0.717, 1.165) is 54.1 Å². The van der Waals surface area contributed by atoms with E-state index in [-0.39, 0.29) is 5.82 Å². The molecule has 5 heteroatoms. The first-order valence-corrected chi connectivity index (χ1v) is 8.88. The largest absolute Gasteiger partial charge is 0.488 e. The van der Waals surface area contributed by atoms with Gasteiger partial charge in [0.25, 0.3) is 0 Å². The van der Waals surface area contributed by atoms with Crippen LogP contribution in [0.25, 0.3) is 10.9 Å². The number of benzene rings is 2. The Kier molecular flexibility index (Phi) is 4.71. The molecule has 0 aliphatic carbocycles. The van der Waals surface area contributed by atoms with Crippen molar-refractivity contribution in [3.8, 4) is 5.75 Å². The van der Waals surface area contributed by atoms with Crippen molar-refractivity contribution in [2.75, 3.05) is 38.1 Å². The number of likely N-dealkylation sites (N-methyl/N-ethyl adjacent to an activating group) is 1. The van der Waals surface area contributed by atoms with E-state index < -0.39 is 0 Å². The number of hydrogen-bond donors (Lipinski definition) is 0. The highest BCUT2D eigenvalue weighted by Crippen LogP contribution is 2.29. The SMILES string of the molecule is CN1CCN(c2cnc3cccc(OCc4cccc(F)c4)c3c2)CC1. The summed E-state index contributed by atoms with van der Waals surface area (Å²) in [5, 5.41) is 0.986. The van der Waals surface area contributed by atoms with Crippen molar-refractivity contribution in [3.63, 3.8) is 0 Å². The summed E-state index contributed by atoms with van der Waals surface area (Å²) in [6.45, 7) is 4.42. The number of halogens is 1. The third-order valence-electron chi connectivity index (χ3n) is 4.82. The monoisotopic (exact) mass is 351 g/mol. The van der Waals surface area contributed by atoms with Gasteiger partial charge in [-0.2, -0.15) is 0 Å². The number of hydrogen-bond acceptors (Lipinski definition) is 4. The Morgan fingerprint density at radius 3 is 2.65 bits per heavy atom. The van der Waals surface area contributed by atoms with Crippen LogP contribution in [0.2, 0.25) is 0 Å². The Morgan fingerprint density at radius 2 is 1.85 bits per heavy atom. The molecule has 1 aromatic heterocycles. The predicted octanol–water partition coefficient (Wildman–Crippen LogP) is 3.70. The summed E-state index contributed by atoms with van der Waals surface area (Å²) in [6, 6.07) is 14.5. The third-order valence-corrected chi connectivity index (χ3v) is 4.82. The number of anilines is 1. The average Bonchev–Trinajstić information content (AvgIpc) is 2.66. The maximum absolute atomic E-state index is 13.4. The molecular formula is C21H22FN3O. The van der Waals surface area contributed by atoms with Crippen LogP contribution in [0, 0.1) is 5.82 Å². The molecule has 4 nitrogen and oxygen atoms in total. The topological polar surface area (TPSA) is 28.6 Å². The second kappa shape index (κ2) is 7.30. The second-order valence-electron chi connectivity index (χ2n) is 6.73. The first kappa shape index (κ1) is 16.8. The van der Waals surface area contributed by atoms with E-state index in [2.05, 4.69) is 27.9 Å². The molecule has 4 rings (SSSR count). The van der Waals surface area contributed by atoms with Gasteiger partial charge in [-0.3, -0.25) is 4.98 Å². The number of piperazine rings is 1. The van der Waals surface area contributed by atoms with Crippen LogP contribution in [0.4, 0.5) is 10.1 Å². The van der Waals surface area contributed by atoms with Crippen LogP contribution in [0.3, 0.4) is 0 Å². The summed E-state index contributed by atoms with van der Waals surface area (Å²) < 4.78 is 19.3. The predicted molar refractivity (Wildman–Crippen MR) is 102 cm³/mol. The Morgan fingerprint density at radius 1 is 1.04 bits per heavy atom. The van der Waals surface area contributed by atoms with Crippen molar-refractivity contribution < 1.29 is 9.13 Å². The van der Waals surface area contributed by atoms with Gasteiger partial charge in [-0.1, -0.05) is 18.2 Å². The first-order valence-electron chi connectivity index (χ1n) is 8.88. The number of rotatable bonds is 4. The number of pyridine rings is 1. The van der Waals surface area contributed by atoms with E-state index in [1.807, 2.05) is 30.5 Å². The molecule has 0 radical (unpaired) electrons. The second-order valence-corrected chi connectivity index (χ2v) is 6.73. The van der Waals surface area contributed by atoms with Gasteiger partial charge in [-0.15, -0.1) is 0 Å². The van der Waals surface area contributed by atoms with E-state index in [4.69, 9.17) is 4.74 Å². The molecular weight excluding hydrogens is 329 g/mol. The fraction of sp³-hybridized carbons (Fsp3) is 0.286. The molecule has 0 saturated carbocycles. The molecule has 2 heterocycles. The molecule has 0 N–H and O–H groups in total. The van der Waals surface area contributed by atoms with Gasteiger partial charge >= 0.3 is 0 Å². The molecule has 0 spiro atoms. The first-order chi connectivity index (χ1) is 12.7. The van der Waals surface area contributed by atoms with Crippen molar-refractivity contribution >= 4 is 16.6 Å². The van der Waals surface area contributed by atoms with Crippen molar-refractivity contribution in [2.24, 2.45) is 0 Å². The molecule has 2 aromatic carbocycles. The van der Waals surface area contributed by atoms with Crippen LogP contribution in [0.1, 0.15) is 5.56 Å². The number of fused-ring (bicyclic) bond motifs is 1. The zero-order chi connectivity index (χ0) is 17.9. The zero-order valence-corrected chi connectivity index (χ0v) is 14.9. The maximum atomic E-state index is 13.4. The molecule has 26 heavy (non-hydrogen) atoms. The summed E-state index contributed by atoms with van der Waals surface area (Å²) in [5.74, 6) is 0.526. The average molecular weight is 351 g/mol. The molecule has 134 valence electrons. The van der Waals surface area contributed by atoms with Crippen molar-refractivity contribution in [2.45, 2.75) is 6.61 Å². The van der Waals surface area contributed by atoms with Gasteiger partial charge in [0, 0.05) is 31.6 Å². The quantitative estimate of drug-likeness (QED) is 0.717. The van der Waals surface area contributed by atoms with E-state index >= 15 is 0 Å². The van der Waals surface area contributed by atoms with Gasteiger partial charge in [0.2, 0.25) is 0 Å². The minimum absolute atomic E-state index is 0.247. The Labute approximate surface area is 152 Å². The maximum Gasteiger partial charge on any atom is 0.129 e. The fourth-order valence-corrected chi connectivity index (χ4v) is 3.26. The molecule has 0 unspecified atom stereocenters. The summed E-state index contributed by atoms with van der Waals surface area (Å²) in [7, 11) is 2.15. The van der Waals surface area contributed by atoms with Gasteiger partial charge in [0.1, 0.15) is 18.2 Å². The van der Waals surface area contributed by atoms with Crippen molar-refractivity contribution in [1.29, 1.82) is 0 Å². The number of aromatic nitrogens is 1.